The number of morpholine rings is 1. The average molecular weight is 568 g/mol. The molecule has 0 aliphatic carbocycles. The minimum atomic E-state index is -4.62. The molecule has 3 atom stereocenters. The van der Waals surface area contributed by atoms with E-state index in [1.54, 1.807) is 17.0 Å². The number of hydrogen-bond donors (Lipinski definition) is 0. The van der Waals surface area contributed by atoms with Crippen LogP contribution in [0.25, 0.3) is 0 Å². The Bertz CT molecular complexity index is 1170. The number of alkyl halides is 3. The molecule has 2 aliphatic rings. The molecule has 40 heavy (non-hydrogen) atoms. The Morgan fingerprint density at radius 3 is 2.30 bits per heavy atom. The molecule has 0 spiro atoms. The first-order valence-corrected chi connectivity index (χ1v) is 13.5. The number of methoxy groups -OCH3 is 2. The molecule has 0 aromatic heterocycles. The molecular formula is C29H37F4N3O4. The van der Waals surface area contributed by atoms with Crippen molar-refractivity contribution in [3.8, 4) is 11.5 Å². The Morgan fingerprint density at radius 1 is 0.950 bits per heavy atom. The van der Waals surface area contributed by atoms with Gasteiger partial charge in [0.05, 0.1) is 32.0 Å². The molecule has 0 saturated carbocycles. The molecule has 4 rings (SSSR count). The van der Waals surface area contributed by atoms with E-state index < -0.39 is 23.5 Å². The van der Waals surface area contributed by atoms with Crippen LogP contribution in [0.4, 0.5) is 17.6 Å². The summed E-state index contributed by atoms with van der Waals surface area (Å²) in [7, 11) is 2.65. The van der Waals surface area contributed by atoms with Gasteiger partial charge < -0.3 is 19.1 Å². The van der Waals surface area contributed by atoms with Gasteiger partial charge in [-0.3, -0.25) is 14.6 Å². The molecule has 0 radical (unpaired) electrons. The van der Waals surface area contributed by atoms with Crippen LogP contribution in [0.3, 0.4) is 0 Å². The molecule has 7 nitrogen and oxygen atoms in total. The molecule has 2 saturated heterocycles. The monoisotopic (exact) mass is 567 g/mol. The Hall–Kier alpha value is -2.89. The summed E-state index contributed by atoms with van der Waals surface area (Å²) in [6.45, 7) is 8.88. The van der Waals surface area contributed by atoms with Gasteiger partial charge in [0.2, 0.25) is 0 Å². The first-order valence-electron chi connectivity index (χ1n) is 13.5. The van der Waals surface area contributed by atoms with Gasteiger partial charge in [0.25, 0.3) is 5.91 Å². The molecular weight excluding hydrogens is 530 g/mol. The van der Waals surface area contributed by atoms with Gasteiger partial charge in [-0.25, -0.2) is 4.39 Å². The predicted molar refractivity (Wildman–Crippen MR) is 142 cm³/mol. The number of ether oxygens (including phenoxy) is 3. The van der Waals surface area contributed by atoms with Crippen LogP contribution in [0.2, 0.25) is 0 Å². The first kappa shape index (κ1) is 30.1. The third-order valence-corrected chi connectivity index (χ3v) is 7.46. The van der Waals surface area contributed by atoms with Gasteiger partial charge >= 0.3 is 6.18 Å². The van der Waals surface area contributed by atoms with Crippen LogP contribution < -0.4 is 9.47 Å². The summed E-state index contributed by atoms with van der Waals surface area (Å²) in [5, 5.41) is 0. The van der Waals surface area contributed by atoms with E-state index in [0.717, 1.165) is 43.9 Å². The largest absolute Gasteiger partial charge is 0.497 e. The smallest absolute Gasteiger partial charge is 0.416 e. The Balaban J connectivity index is 1.56. The predicted octanol–water partition coefficient (Wildman–Crippen LogP) is 4.34. The SMILES string of the molecule is COc1cc(C(=O)N2CCN(CCN3C[C@@H](C)O[C@@H](C)C3)C[C@H]2Cc2ccc(F)c(OC)c2)cc(C(F)(F)F)c1. The summed E-state index contributed by atoms with van der Waals surface area (Å²) in [5.74, 6) is -0.930. The molecule has 11 heteroatoms. The molecule has 2 fully saturated rings. The Kier molecular flexibility index (Phi) is 9.58. The molecule has 2 heterocycles. The number of amides is 1. The van der Waals surface area contributed by atoms with Gasteiger partial charge in [-0.1, -0.05) is 6.07 Å². The van der Waals surface area contributed by atoms with Gasteiger partial charge in [0.1, 0.15) is 5.75 Å². The quantitative estimate of drug-likeness (QED) is 0.443. The zero-order valence-electron chi connectivity index (χ0n) is 23.3. The summed E-state index contributed by atoms with van der Waals surface area (Å²) in [6, 6.07) is 7.30. The second-order valence-electron chi connectivity index (χ2n) is 10.6. The van der Waals surface area contributed by atoms with Gasteiger partial charge in [-0.15, -0.1) is 0 Å². The zero-order valence-corrected chi connectivity index (χ0v) is 23.3. The van der Waals surface area contributed by atoms with Gasteiger partial charge in [0.15, 0.2) is 11.6 Å². The normalized spacial score (nSPS) is 22.8. The fourth-order valence-corrected chi connectivity index (χ4v) is 5.59. The minimum Gasteiger partial charge on any atom is -0.497 e. The number of carbonyl (C=O) groups excluding carboxylic acids is 1. The number of hydrogen-bond acceptors (Lipinski definition) is 6. The lowest BCUT2D eigenvalue weighted by Gasteiger charge is -2.43. The highest BCUT2D eigenvalue weighted by molar-refractivity contribution is 5.95. The van der Waals surface area contributed by atoms with E-state index in [-0.39, 0.29) is 35.3 Å². The van der Waals surface area contributed by atoms with Crippen molar-refractivity contribution >= 4 is 5.91 Å². The number of nitrogens with zero attached hydrogens (tertiary/aromatic N) is 3. The zero-order chi connectivity index (χ0) is 29.0. The number of carbonyl (C=O) groups is 1. The number of rotatable bonds is 8. The van der Waals surface area contributed by atoms with Gasteiger partial charge in [-0.2, -0.15) is 13.2 Å². The maximum Gasteiger partial charge on any atom is 0.416 e. The highest BCUT2D eigenvalue weighted by atomic mass is 19.4. The second kappa shape index (κ2) is 12.7. The van der Waals surface area contributed by atoms with E-state index in [9.17, 15) is 22.4 Å². The van der Waals surface area contributed by atoms with Gasteiger partial charge in [0, 0.05) is 57.4 Å². The number of piperazine rings is 1. The van der Waals surface area contributed by atoms with Crippen molar-refractivity contribution < 1.29 is 36.6 Å². The maximum atomic E-state index is 14.1. The van der Waals surface area contributed by atoms with E-state index in [4.69, 9.17) is 14.2 Å². The summed E-state index contributed by atoms with van der Waals surface area (Å²) < 4.78 is 70.8. The third kappa shape index (κ3) is 7.44. The molecule has 1 amide bonds. The van der Waals surface area contributed by atoms with Gasteiger partial charge in [-0.05, 0) is 56.2 Å². The fraction of sp³-hybridized carbons (Fsp3) is 0.552. The molecule has 0 bridgehead atoms. The van der Waals surface area contributed by atoms with Crippen LogP contribution in [0, 0.1) is 5.82 Å². The van der Waals surface area contributed by atoms with E-state index in [2.05, 4.69) is 23.6 Å². The van der Waals surface area contributed by atoms with Crippen molar-refractivity contribution in [1.29, 1.82) is 0 Å². The number of benzene rings is 2. The van der Waals surface area contributed by atoms with Crippen molar-refractivity contribution in [2.24, 2.45) is 0 Å². The van der Waals surface area contributed by atoms with E-state index in [1.165, 1.54) is 26.4 Å². The maximum absolute atomic E-state index is 14.1. The lowest BCUT2D eigenvalue weighted by Crippen LogP contribution is -2.57. The second-order valence-corrected chi connectivity index (χ2v) is 10.6. The van der Waals surface area contributed by atoms with Crippen molar-refractivity contribution in [2.75, 3.05) is 60.0 Å². The van der Waals surface area contributed by atoms with E-state index in [1.807, 2.05) is 0 Å². The van der Waals surface area contributed by atoms with E-state index in [0.29, 0.717) is 26.1 Å². The molecule has 0 N–H and O–H groups in total. The van der Waals surface area contributed by atoms with Crippen LogP contribution in [0.5, 0.6) is 11.5 Å². The lowest BCUT2D eigenvalue weighted by molar-refractivity contribution is -0.137. The summed E-state index contributed by atoms with van der Waals surface area (Å²) in [6.07, 6.45) is -3.92. The lowest BCUT2D eigenvalue weighted by atomic mass is 9.99. The van der Waals surface area contributed by atoms with Crippen LogP contribution in [-0.2, 0) is 17.3 Å². The summed E-state index contributed by atoms with van der Waals surface area (Å²) in [4.78, 5) is 19.9. The molecule has 220 valence electrons. The fourth-order valence-electron chi connectivity index (χ4n) is 5.59. The highest BCUT2D eigenvalue weighted by Gasteiger charge is 2.35. The van der Waals surface area contributed by atoms with Crippen LogP contribution in [-0.4, -0.2) is 98.9 Å². The highest BCUT2D eigenvalue weighted by Crippen LogP contribution is 2.33. The average Bonchev–Trinajstić information content (AvgIpc) is 2.91. The van der Waals surface area contributed by atoms with Crippen molar-refractivity contribution in [2.45, 2.75) is 44.7 Å². The molecule has 2 aliphatic heterocycles. The van der Waals surface area contributed by atoms with Crippen LogP contribution in [0.15, 0.2) is 36.4 Å². The first-order chi connectivity index (χ1) is 19.0. The standard InChI is InChI=1S/C29H37F4N3O4/c1-19-16-35(17-20(2)40-19)8-7-34-9-10-36(24(18-34)11-21-5-6-26(30)27(12-21)39-4)28(37)22-13-23(29(31,32)33)15-25(14-22)38-3/h5-6,12-15,19-20,24H,7-11,16-18H2,1-4H3/t19-,20+,24-/m1/s1. The van der Waals surface area contributed by atoms with Crippen LogP contribution in [0.1, 0.15) is 35.3 Å². The Labute approximate surface area is 232 Å². The minimum absolute atomic E-state index is 0.0365. The topological polar surface area (TPSA) is 54.5 Å². The molecule has 2 aromatic rings. The molecule has 2 aromatic carbocycles. The van der Waals surface area contributed by atoms with E-state index >= 15 is 0 Å². The van der Waals surface area contributed by atoms with Crippen molar-refractivity contribution in [3.63, 3.8) is 0 Å². The summed E-state index contributed by atoms with van der Waals surface area (Å²) >= 11 is 0. The van der Waals surface area contributed by atoms with Crippen LogP contribution >= 0.6 is 0 Å². The third-order valence-electron chi connectivity index (χ3n) is 7.46. The Morgan fingerprint density at radius 2 is 1.65 bits per heavy atom. The van der Waals surface area contributed by atoms with Crippen molar-refractivity contribution in [3.05, 3.63) is 58.9 Å². The number of halogens is 4. The molecule has 0 unspecified atom stereocenters. The van der Waals surface area contributed by atoms with Crippen molar-refractivity contribution in [1.82, 2.24) is 14.7 Å². The summed E-state index contributed by atoms with van der Waals surface area (Å²) in [5.41, 5.74) is -0.263.